The molecule has 1 aliphatic rings. The average Bonchev–Trinajstić information content (AvgIpc) is 2.54. The van der Waals surface area contributed by atoms with E-state index in [-0.39, 0.29) is 17.0 Å². The number of carbonyl (C=O) groups is 3. The van der Waals surface area contributed by atoms with Crippen LogP contribution >= 0.6 is 0 Å². The van der Waals surface area contributed by atoms with Gasteiger partial charge in [0.25, 0.3) is 5.91 Å². The second-order valence-electron chi connectivity index (χ2n) is 5.64. The first-order valence-corrected chi connectivity index (χ1v) is 9.48. The van der Waals surface area contributed by atoms with Crippen LogP contribution < -0.4 is 10.0 Å². The van der Waals surface area contributed by atoms with Gasteiger partial charge in [0.15, 0.2) is 5.25 Å². The largest absolute Gasteiger partial charge is 0.462 e. The molecule has 3 amide bonds. The predicted molar refractivity (Wildman–Crippen MR) is 94.6 cm³/mol. The van der Waals surface area contributed by atoms with E-state index in [2.05, 4.69) is 9.71 Å². The summed E-state index contributed by atoms with van der Waals surface area (Å²) in [5, 5.41) is 0.242. The summed E-state index contributed by atoms with van der Waals surface area (Å²) in [6.07, 6.45) is 1.66. The molecule has 0 aliphatic carbocycles. The molecule has 26 heavy (non-hydrogen) atoms. The number of amides is 3. The molecule has 0 fully saturated rings. The van der Waals surface area contributed by atoms with E-state index in [9.17, 15) is 22.8 Å². The van der Waals surface area contributed by atoms with Gasteiger partial charge in [-0.25, -0.2) is 23.0 Å². The molecule has 140 valence electrons. The topological polar surface area (TPSA) is 131 Å². The van der Waals surface area contributed by atoms with Gasteiger partial charge in [-0.05, 0) is 37.6 Å². The molecule has 1 aromatic carbocycles. The maximum absolute atomic E-state index is 12.4. The number of benzene rings is 1. The van der Waals surface area contributed by atoms with Crippen LogP contribution in [0.25, 0.3) is 0 Å². The quantitative estimate of drug-likeness (QED) is 0.543. The highest BCUT2D eigenvalue weighted by Crippen LogP contribution is 2.16. The zero-order chi connectivity index (χ0) is 19.3. The van der Waals surface area contributed by atoms with Gasteiger partial charge in [0.2, 0.25) is 10.0 Å². The Labute approximate surface area is 150 Å². The van der Waals surface area contributed by atoms with Crippen LogP contribution in [-0.2, 0) is 19.6 Å². The van der Waals surface area contributed by atoms with Crippen LogP contribution in [-0.4, -0.2) is 43.9 Å². The number of ether oxygens (including phenoxy) is 1. The lowest BCUT2D eigenvalue weighted by Crippen LogP contribution is -2.51. The van der Waals surface area contributed by atoms with Gasteiger partial charge in [-0.15, -0.1) is 0 Å². The van der Waals surface area contributed by atoms with Crippen LogP contribution in [0.15, 0.2) is 29.3 Å². The van der Waals surface area contributed by atoms with E-state index in [1.165, 1.54) is 31.2 Å². The number of sulfonamides is 1. The van der Waals surface area contributed by atoms with E-state index < -0.39 is 33.2 Å². The fraction of sp³-hybridized carbons (Fsp3) is 0.375. The Morgan fingerprint density at radius 2 is 1.92 bits per heavy atom. The molecule has 1 atom stereocenters. The Morgan fingerprint density at radius 1 is 1.27 bits per heavy atom. The summed E-state index contributed by atoms with van der Waals surface area (Å²) < 4.78 is 32.2. The molecule has 0 saturated carbocycles. The van der Waals surface area contributed by atoms with Crippen LogP contribution in [0, 0.1) is 0 Å². The first kappa shape index (κ1) is 19.6. The molecule has 1 unspecified atom stereocenters. The number of aliphatic imine (C=N–C) groups is 1. The molecular weight excluding hydrogens is 362 g/mol. The van der Waals surface area contributed by atoms with Crippen molar-refractivity contribution in [1.29, 1.82) is 0 Å². The fourth-order valence-corrected chi connectivity index (χ4v) is 3.69. The number of imide groups is 1. The normalized spacial score (nSPS) is 17.3. The Kier molecular flexibility index (Phi) is 6.09. The van der Waals surface area contributed by atoms with Crippen molar-refractivity contribution >= 4 is 39.3 Å². The molecule has 0 radical (unpaired) electrons. The predicted octanol–water partition coefficient (Wildman–Crippen LogP) is 1.46. The van der Waals surface area contributed by atoms with Gasteiger partial charge in [0.1, 0.15) is 0 Å². The summed E-state index contributed by atoms with van der Waals surface area (Å²) in [5.74, 6) is -1.47. The van der Waals surface area contributed by atoms with Crippen LogP contribution in [0.4, 0.5) is 10.5 Å². The second kappa shape index (κ2) is 8.09. The summed E-state index contributed by atoms with van der Waals surface area (Å²) >= 11 is 0. The summed E-state index contributed by atoms with van der Waals surface area (Å²) in [6.45, 7) is 3.58. The minimum absolute atomic E-state index is 0.123. The molecule has 2 rings (SSSR count). The first-order chi connectivity index (χ1) is 12.2. The third kappa shape index (κ3) is 4.66. The number of hydrogen-bond acceptors (Lipinski definition) is 6. The SMILES string of the molecule is CCCCOC(=O)c1ccc(NS(=O)(=O)C2C(=O)NC(=O)N=C2C)cc1. The molecule has 0 bridgehead atoms. The van der Waals surface area contributed by atoms with Crippen molar-refractivity contribution in [3.8, 4) is 0 Å². The molecular formula is C16H19N3O6S. The molecule has 1 aliphatic heterocycles. The van der Waals surface area contributed by atoms with Crippen molar-refractivity contribution in [2.45, 2.75) is 31.9 Å². The van der Waals surface area contributed by atoms with Crippen molar-refractivity contribution < 1.29 is 27.5 Å². The van der Waals surface area contributed by atoms with Crippen LogP contribution in [0.2, 0.25) is 0 Å². The Morgan fingerprint density at radius 3 is 2.50 bits per heavy atom. The Hall–Kier alpha value is -2.75. The van der Waals surface area contributed by atoms with Crippen molar-refractivity contribution in [1.82, 2.24) is 5.32 Å². The molecule has 9 nitrogen and oxygen atoms in total. The lowest BCUT2D eigenvalue weighted by Gasteiger charge is -2.20. The number of esters is 1. The minimum atomic E-state index is -4.17. The van der Waals surface area contributed by atoms with E-state index in [1.54, 1.807) is 0 Å². The molecule has 1 heterocycles. The van der Waals surface area contributed by atoms with Crippen molar-refractivity contribution in [3.05, 3.63) is 29.8 Å². The lowest BCUT2D eigenvalue weighted by molar-refractivity contribution is -0.118. The third-order valence-corrected chi connectivity index (χ3v) is 5.24. The fourth-order valence-electron chi connectivity index (χ4n) is 2.26. The molecule has 10 heteroatoms. The number of nitrogens with zero attached hydrogens (tertiary/aromatic N) is 1. The Bertz CT molecular complexity index is 845. The molecule has 0 saturated heterocycles. The number of unbranched alkanes of at least 4 members (excludes halogenated alkanes) is 1. The van der Waals surface area contributed by atoms with Crippen LogP contribution in [0.3, 0.4) is 0 Å². The van der Waals surface area contributed by atoms with Crippen molar-refractivity contribution in [2.75, 3.05) is 11.3 Å². The van der Waals surface area contributed by atoms with E-state index in [0.29, 0.717) is 6.61 Å². The van der Waals surface area contributed by atoms with Gasteiger partial charge in [0.05, 0.1) is 17.9 Å². The summed E-state index contributed by atoms with van der Waals surface area (Å²) in [5.41, 5.74) is 0.317. The van der Waals surface area contributed by atoms with E-state index in [0.717, 1.165) is 12.8 Å². The van der Waals surface area contributed by atoms with Gasteiger partial charge in [-0.1, -0.05) is 13.3 Å². The standard InChI is InChI=1S/C16H19N3O6S/c1-3-4-9-25-15(21)11-5-7-12(8-6-11)19-26(23,24)13-10(2)17-16(22)18-14(13)20/h5-8,13,19H,3-4,9H2,1-2H3,(H,18,20,22). The number of carbonyl (C=O) groups excluding carboxylic acids is 3. The maximum atomic E-state index is 12.4. The van der Waals surface area contributed by atoms with Crippen molar-refractivity contribution in [3.63, 3.8) is 0 Å². The van der Waals surface area contributed by atoms with E-state index in [1.807, 2.05) is 12.2 Å². The number of hydrogen-bond donors (Lipinski definition) is 2. The lowest BCUT2D eigenvalue weighted by atomic mass is 10.2. The van der Waals surface area contributed by atoms with Gasteiger partial charge in [0, 0.05) is 5.69 Å². The first-order valence-electron chi connectivity index (χ1n) is 7.93. The van der Waals surface area contributed by atoms with Crippen LogP contribution in [0.5, 0.6) is 0 Å². The minimum Gasteiger partial charge on any atom is -0.462 e. The highest BCUT2D eigenvalue weighted by atomic mass is 32.2. The maximum Gasteiger partial charge on any atom is 0.347 e. The number of anilines is 1. The Balaban J connectivity index is 2.10. The summed E-state index contributed by atoms with van der Waals surface area (Å²) in [4.78, 5) is 38.2. The molecule has 1 aromatic rings. The smallest absolute Gasteiger partial charge is 0.347 e. The van der Waals surface area contributed by atoms with Crippen molar-refractivity contribution in [2.24, 2.45) is 4.99 Å². The van der Waals surface area contributed by atoms with Gasteiger partial charge < -0.3 is 4.74 Å². The third-order valence-electron chi connectivity index (χ3n) is 3.55. The van der Waals surface area contributed by atoms with Gasteiger partial charge in [-0.3, -0.25) is 14.8 Å². The molecule has 2 N–H and O–H groups in total. The zero-order valence-electron chi connectivity index (χ0n) is 14.3. The van der Waals surface area contributed by atoms with E-state index in [4.69, 9.17) is 4.74 Å². The second-order valence-corrected chi connectivity index (χ2v) is 7.41. The molecule has 0 aromatic heterocycles. The summed E-state index contributed by atoms with van der Waals surface area (Å²) in [6, 6.07) is 4.69. The van der Waals surface area contributed by atoms with E-state index >= 15 is 0 Å². The van der Waals surface area contributed by atoms with Crippen LogP contribution in [0.1, 0.15) is 37.0 Å². The zero-order valence-corrected chi connectivity index (χ0v) is 15.1. The molecule has 0 spiro atoms. The number of rotatable bonds is 7. The van der Waals surface area contributed by atoms with Gasteiger partial charge in [-0.2, -0.15) is 0 Å². The monoisotopic (exact) mass is 381 g/mol. The highest BCUT2D eigenvalue weighted by Gasteiger charge is 2.39. The average molecular weight is 381 g/mol. The summed E-state index contributed by atoms with van der Waals surface area (Å²) in [7, 11) is -4.17. The number of urea groups is 1. The van der Waals surface area contributed by atoms with Gasteiger partial charge >= 0.3 is 12.0 Å². The number of nitrogens with one attached hydrogen (secondary N) is 2. The highest BCUT2D eigenvalue weighted by molar-refractivity contribution is 7.94.